The monoisotopic (exact) mass is 1140 g/mol. The number of rotatable bonds is 66. The summed E-state index contributed by atoms with van der Waals surface area (Å²) in [6.45, 7) is 18.8. The molecule has 0 aromatic carbocycles. The van der Waals surface area contributed by atoms with Gasteiger partial charge in [0.25, 0.3) is 0 Å². The Morgan fingerprint density at radius 2 is 0.662 bits per heavy atom. The fourth-order valence-corrected chi connectivity index (χ4v) is 9.16. The van der Waals surface area contributed by atoms with Gasteiger partial charge in [0.1, 0.15) is 39.0 Å². The summed E-state index contributed by atoms with van der Waals surface area (Å²) in [7, 11) is 4.12. The molecule has 0 aromatic heterocycles. The lowest BCUT2D eigenvalue weighted by Gasteiger charge is -2.32. The summed E-state index contributed by atoms with van der Waals surface area (Å²) in [5.74, 6) is -0.197. The van der Waals surface area contributed by atoms with Crippen molar-refractivity contribution in [3.63, 3.8) is 0 Å². The van der Waals surface area contributed by atoms with Gasteiger partial charge in [0.2, 0.25) is 5.91 Å². The lowest BCUT2D eigenvalue weighted by atomic mass is 10.1. The molecule has 15 nitrogen and oxygen atoms in total. The van der Waals surface area contributed by atoms with E-state index in [9.17, 15) is 14.4 Å². The maximum atomic E-state index is 13.8. The van der Waals surface area contributed by atoms with Gasteiger partial charge in [-0.2, -0.15) is 0 Å². The molecule has 80 heavy (non-hydrogen) atoms. The molecule has 0 aromatic rings. The fourth-order valence-electron chi connectivity index (χ4n) is 9.16. The second-order valence-corrected chi connectivity index (χ2v) is 22.5. The summed E-state index contributed by atoms with van der Waals surface area (Å²) < 4.78 is 59.1. The molecule has 0 saturated carbocycles. The quantitative estimate of drug-likeness (QED) is 0.0323. The molecule has 0 spiro atoms. The lowest BCUT2D eigenvalue weighted by molar-refractivity contribution is -0.150. The number of ether oxygens (including phenoxy) is 10. The second-order valence-electron chi connectivity index (χ2n) is 22.5. The van der Waals surface area contributed by atoms with Crippen LogP contribution in [0.5, 0.6) is 0 Å². The minimum atomic E-state index is -0.263. The van der Waals surface area contributed by atoms with E-state index in [1.165, 1.54) is 83.5 Å². The Morgan fingerprint density at radius 1 is 0.325 bits per heavy atom. The van der Waals surface area contributed by atoms with Crippen LogP contribution >= 0.6 is 0 Å². The Balaban J connectivity index is 4.82. The summed E-state index contributed by atoms with van der Waals surface area (Å²) in [5, 5.41) is 0. The second kappa shape index (κ2) is 63.1. The first-order chi connectivity index (χ1) is 39.2. The predicted octanol–water partition coefficient (Wildman–Crippen LogP) is 14.8. The summed E-state index contributed by atoms with van der Waals surface area (Å²) in [5.41, 5.74) is 0. The van der Waals surface area contributed by atoms with Gasteiger partial charge in [0, 0.05) is 65.4 Å². The van der Waals surface area contributed by atoms with Crippen LogP contribution in [-0.4, -0.2) is 166 Å². The number of nitrogens with zero attached hydrogens (tertiary/aromatic N) is 2. The van der Waals surface area contributed by atoms with Crippen LogP contribution < -0.4 is 0 Å². The standard InChI is InChI=1S/C65H128N2O13/c1-8-13-18-23-26-31-41-63(68)67(45-40-44-66(6)7)60(52-75-58-73-48-36-29-24-27-32-42-64(69)79-56-61(77-50-38-21-16-11-4)54-71-46-34-19-14-9-2)53-76-59-74-49-37-30-25-28-33-43-65(70)80-57-62(78-51-39-22-17-12-5)55-72-47-35-20-15-10-3/h60-62H,8-59H2,1-7H3. The zero-order valence-corrected chi connectivity index (χ0v) is 53.2. The molecule has 0 bridgehead atoms. The van der Waals surface area contributed by atoms with Gasteiger partial charge in [0.05, 0.1) is 32.5 Å². The summed E-state index contributed by atoms with van der Waals surface area (Å²) in [6, 6.07) is -0.263. The zero-order chi connectivity index (χ0) is 58.5. The number of amides is 1. The van der Waals surface area contributed by atoms with Gasteiger partial charge in [-0.25, -0.2) is 0 Å². The summed E-state index contributed by atoms with van der Waals surface area (Å²) >= 11 is 0. The van der Waals surface area contributed by atoms with E-state index in [0.717, 1.165) is 135 Å². The third kappa shape index (κ3) is 55.3. The van der Waals surface area contributed by atoms with E-state index in [0.29, 0.717) is 91.9 Å². The van der Waals surface area contributed by atoms with Crippen molar-refractivity contribution >= 4 is 17.8 Å². The van der Waals surface area contributed by atoms with E-state index in [-0.39, 0.29) is 62.9 Å². The Labute approximate surface area is 491 Å². The van der Waals surface area contributed by atoms with Crippen LogP contribution in [0.4, 0.5) is 0 Å². The topological polar surface area (TPSA) is 150 Å². The molecule has 0 aliphatic heterocycles. The zero-order valence-electron chi connectivity index (χ0n) is 53.2. The van der Waals surface area contributed by atoms with Crippen LogP contribution in [0.1, 0.15) is 266 Å². The van der Waals surface area contributed by atoms with Gasteiger partial charge in [-0.05, 0) is 84.8 Å². The van der Waals surface area contributed by atoms with Gasteiger partial charge < -0.3 is 57.2 Å². The first-order valence-electron chi connectivity index (χ1n) is 33.2. The van der Waals surface area contributed by atoms with E-state index >= 15 is 0 Å². The molecule has 0 N–H and O–H groups in total. The number of carbonyl (C=O) groups is 3. The van der Waals surface area contributed by atoms with Crippen molar-refractivity contribution in [2.24, 2.45) is 0 Å². The molecular weight excluding hydrogens is 1020 g/mol. The largest absolute Gasteiger partial charge is 0.463 e. The first kappa shape index (κ1) is 78.0. The molecule has 0 saturated heterocycles. The molecule has 0 aliphatic carbocycles. The maximum Gasteiger partial charge on any atom is 0.305 e. The van der Waals surface area contributed by atoms with Crippen molar-refractivity contribution in [3.8, 4) is 0 Å². The minimum absolute atomic E-state index is 0.147. The Kier molecular flexibility index (Phi) is 61.5. The van der Waals surface area contributed by atoms with Crippen molar-refractivity contribution in [1.29, 1.82) is 0 Å². The third-order valence-electron chi connectivity index (χ3n) is 14.3. The van der Waals surface area contributed by atoms with Crippen molar-refractivity contribution in [3.05, 3.63) is 0 Å². The molecule has 476 valence electrons. The highest BCUT2D eigenvalue weighted by molar-refractivity contribution is 5.76. The van der Waals surface area contributed by atoms with Crippen LogP contribution in [0.3, 0.4) is 0 Å². The highest BCUT2D eigenvalue weighted by Gasteiger charge is 2.24. The van der Waals surface area contributed by atoms with Crippen molar-refractivity contribution in [2.45, 2.75) is 284 Å². The van der Waals surface area contributed by atoms with Gasteiger partial charge in [-0.3, -0.25) is 14.4 Å². The van der Waals surface area contributed by atoms with Crippen LogP contribution in [0.15, 0.2) is 0 Å². The molecule has 0 rings (SSSR count). The molecule has 2 atom stereocenters. The van der Waals surface area contributed by atoms with Gasteiger partial charge >= 0.3 is 11.9 Å². The van der Waals surface area contributed by atoms with Crippen molar-refractivity contribution in [2.75, 3.05) is 120 Å². The summed E-state index contributed by atoms with van der Waals surface area (Å²) in [4.78, 5) is 43.1. The predicted molar refractivity (Wildman–Crippen MR) is 325 cm³/mol. The van der Waals surface area contributed by atoms with Crippen LogP contribution in [-0.2, 0) is 61.8 Å². The SMILES string of the molecule is CCCCCCCCC(=O)N(CCCN(C)C)C(COCOCCCCCCCC(=O)OCC(COCCCCCC)OCCCCCC)COCOCCCCCCCC(=O)OCC(COCCCCCC)OCCCCCC. The number of carbonyl (C=O) groups excluding carboxylic acids is 3. The van der Waals surface area contributed by atoms with Crippen molar-refractivity contribution < 1.29 is 61.8 Å². The Morgan fingerprint density at radius 3 is 1.06 bits per heavy atom. The minimum Gasteiger partial charge on any atom is -0.463 e. The van der Waals surface area contributed by atoms with Gasteiger partial charge in [-0.1, -0.05) is 182 Å². The highest BCUT2D eigenvalue weighted by atomic mass is 16.7. The maximum absolute atomic E-state index is 13.8. The number of esters is 2. The number of hydrogen-bond acceptors (Lipinski definition) is 14. The van der Waals surface area contributed by atoms with Crippen LogP contribution in [0, 0.1) is 0 Å². The average molecular weight is 1150 g/mol. The smallest absolute Gasteiger partial charge is 0.305 e. The average Bonchev–Trinajstić information content (AvgIpc) is 3.45. The van der Waals surface area contributed by atoms with E-state index in [1.807, 2.05) is 4.90 Å². The van der Waals surface area contributed by atoms with E-state index in [1.54, 1.807) is 0 Å². The van der Waals surface area contributed by atoms with E-state index < -0.39 is 0 Å². The fraction of sp³-hybridized carbons (Fsp3) is 0.954. The van der Waals surface area contributed by atoms with E-state index in [4.69, 9.17) is 47.4 Å². The molecule has 15 heteroatoms. The normalized spacial score (nSPS) is 12.8. The third-order valence-corrected chi connectivity index (χ3v) is 14.3. The van der Waals surface area contributed by atoms with Crippen LogP contribution in [0.2, 0.25) is 0 Å². The molecule has 0 aliphatic rings. The lowest BCUT2D eigenvalue weighted by Crippen LogP contribution is -2.47. The summed E-state index contributed by atoms with van der Waals surface area (Å²) in [6.07, 6.45) is 36.3. The van der Waals surface area contributed by atoms with Crippen molar-refractivity contribution in [1.82, 2.24) is 9.80 Å². The highest BCUT2D eigenvalue weighted by Crippen LogP contribution is 2.15. The molecule has 2 unspecified atom stereocenters. The van der Waals surface area contributed by atoms with Crippen LogP contribution in [0.25, 0.3) is 0 Å². The Bertz CT molecular complexity index is 1230. The van der Waals surface area contributed by atoms with Gasteiger partial charge in [-0.15, -0.1) is 0 Å². The number of hydrogen-bond donors (Lipinski definition) is 0. The van der Waals surface area contributed by atoms with Gasteiger partial charge in [0.15, 0.2) is 0 Å². The number of unbranched alkanes of at least 4 members (excludes halogenated alkanes) is 25. The van der Waals surface area contributed by atoms with E-state index in [2.05, 4.69) is 53.6 Å². The molecule has 0 radical (unpaired) electrons. The molecule has 0 fully saturated rings. The molecule has 1 amide bonds. The molecular formula is C65H128N2O13. The molecule has 0 heterocycles. The Hall–Kier alpha value is -1.95. The first-order valence-corrected chi connectivity index (χ1v) is 33.2.